The SMILES string of the molecule is Cc1csc(CNC(C)c2cccs2)n1. The lowest BCUT2D eigenvalue weighted by Crippen LogP contribution is -2.16. The van der Waals surface area contributed by atoms with Crippen molar-refractivity contribution in [2.24, 2.45) is 0 Å². The molecule has 2 nitrogen and oxygen atoms in total. The second-order valence-electron chi connectivity index (χ2n) is 3.50. The number of nitrogens with one attached hydrogen (secondary N) is 1. The first-order valence-electron chi connectivity index (χ1n) is 4.93. The molecule has 0 aliphatic heterocycles. The molecule has 0 aliphatic rings. The third kappa shape index (κ3) is 2.87. The monoisotopic (exact) mass is 238 g/mol. The van der Waals surface area contributed by atoms with Crippen molar-refractivity contribution < 1.29 is 0 Å². The van der Waals surface area contributed by atoms with E-state index >= 15 is 0 Å². The summed E-state index contributed by atoms with van der Waals surface area (Å²) in [4.78, 5) is 5.80. The summed E-state index contributed by atoms with van der Waals surface area (Å²) in [6, 6.07) is 4.66. The highest BCUT2D eigenvalue weighted by Gasteiger charge is 2.06. The fraction of sp³-hybridized carbons (Fsp3) is 0.364. The maximum Gasteiger partial charge on any atom is 0.107 e. The predicted molar refractivity (Wildman–Crippen MR) is 66.4 cm³/mol. The molecule has 1 N–H and O–H groups in total. The Kier molecular flexibility index (Phi) is 3.51. The Bertz CT molecular complexity index is 406. The highest BCUT2D eigenvalue weighted by molar-refractivity contribution is 7.10. The molecule has 15 heavy (non-hydrogen) atoms. The van der Waals surface area contributed by atoms with Crippen LogP contribution in [-0.2, 0) is 6.54 Å². The number of thiazole rings is 1. The van der Waals surface area contributed by atoms with Crippen LogP contribution in [0.1, 0.15) is 28.5 Å². The second kappa shape index (κ2) is 4.88. The molecule has 0 saturated heterocycles. The molecule has 4 heteroatoms. The third-order valence-electron chi connectivity index (χ3n) is 2.20. The van der Waals surface area contributed by atoms with Crippen LogP contribution in [0.2, 0.25) is 0 Å². The van der Waals surface area contributed by atoms with Gasteiger partial charge in [-0.15, -0.1) is 22.7 Å². The minimum absolute atomic E-state index is 0.411. The molecular weight excluding hydrogens is 224 g/mol. The maximum absolute atomic E-state index is 4.42. The number of nitrogens with zero attached hydrogens (tertiary/aromatic N) is 1. The summed E-state index contributed by atoms with van der Waals surface area (Å²) < 4.78 is 0. The molecule has 2 heterocycles. The van der Waals surface area contributed by atoms with Gasteiger partial charge in [0.05, 0.1) is 0 Å². The highest BCUT2D eigenvalue weighted by atomic mass is 32.1. The zero-order valence-electron chi connectivity index (χ0n) is 8.86. The molecule has 2 aromatic heterocycles. The molecule has 0 fully saturated rings. The Morgan fingerprint density at radius 3 is 2.93 bits per heavy atom. The lowest BCUT2D eigenvalue weighted by molar-refractivity contribution is 0.581. The van der Waals surface area contributed by atoms with E-state index in [1.54, 1.807) is 22.7 Å². The molecule has 0 amide bonds. The van der Waals surface area contributed by atoms with E-state index in [9.17, 15) is 0 Å². The Balaban J connectivity index is 1.88. The molecule has 0 bridgehead atoms. The van der Waals surface area contributed by atoms with Crippen molar-refractivity contribution >= 4 is 22.7 Å². The zero-order valence-corrected chi connectivity index (χ0v) is 10.5. The van der Waals surface area contributed by atoms with E-state index in [4.69, 9.17) is 0 Å². The topological polar surface area (TPSA) is 24.9 Å². The molecular formula is C11H14N2S2. The summed E-state index contributed by atoms with van der Waals surface area (Å²) >= 11 is 3.51. The highest BCUT2D eigenvalue weighted by Crippen LogP contribution is 2.19. The van der Waals surface area contributed by atoms with Gasteiger partial charge in [-0.25, -0.2) is 4.98 Å². The Morgan fingerprint density at radius 1 is 1.47 bits per heavy atom. The van der Waals surface area contributed by atoms with Gasteiger partial charge in [0.25, 0.3) is 0 Å². The van der Waals surface area contributed by atoms with Gasteiger partial charge in [-0.2, -0.15) is 0 Å². The van der Waals surface area contributed by atoms with Crippen LogP contribution in [-0.4, -0.2) is 4.98 Å². The van der Waals surface area contributed by atoms with Crippen molar-refractivity contribution in [3.63, 3.8) is 0 Å². The molecule has 1 unspecified atom stereocenters. The molecule has 0 radical (unpaired) electrons. The fourth-order valence-electron chi connectivity index (χ4n) is 1.36. The summed E-state index contributed by atoms with van der Waals surface area (Å²) in [7, 11) is 0. The molecule has 0 aliphatic carbocycles. The van der Waals surface area contributed by atoms with Gasteiger partial charge in [-0.05, 0) is 25.3 Å². The number of rotatable bonds is 4. The minimum Gasteiger partial charge on any atom is -0.303 e. The molecule has 0 aromatic carbocycles. The van der Waals surface area contributed by atoms with Crippen LogP contribution in [0.25, 0.3) is 0 Å². The van der Waals surface area contributed by atoms with Crippen molar-refractivity contribution in [3.05, 3.63) is 38.5 Å². The smallest absolute Gasteiger partial charge is 0.107 e. The largest absolute Gasteiger partial charge is 0.303 e. The average Bonchev–Trinajstić information content (AvgIpc) is 2.84. The Morgan fingerprint density at radius 2 is 2.33 bits per heavy atom. The summed E-state index contributed by atoms with van der Waals surface area (Å²) in [6.45, 7) is 5.08. The van der Waals surface area contributed by atoms with E-state index < -0.39 is 0 Å². The van der Waals surface area contributed by atoms with E-state index in [2.05, 4.69) is 40.1 Å². The van der Waals surface area contributed by atoms with Gasteiger partial charge in [0.2, 0.25) is 0 Å². The van der Waals surface area contributed by atoms with E-state index in [1.165, 1.54) is 4.88 Å². The van der Waals surface area contributed by atoms with Crippen molar-refractivity contribution in [2.75, 3.05) is 0 Å². The molecule has 80 valence electrons. The van der Waals surface area contributed by atoms with Gasteiger partial charge in [0, 0.05) is 28.5 Å². The average molecular weight is 238 g/mol. The quantitative estimate of drug-likeness (QED) is 0.883. The number of thiophene rings is 1. The fourth-order valence-corrected chi connectivity index (χ4v) is 2.84. The number of hydrogen-bond acceptors (Lipinski definition) is 4. The summed E-state index contributed by atoms with van der Waals surface area (Å²) in [6.07, 6.45) is 0. The van der Waals surface area contributed by atoms with E-state index in [0.29, 0.717) is 6.04 Å². The normalized spacial score (nSPS) is 12.9. The van der Waals surface area contributed by atoms with Gasteiger partial charge in [0.1, 0.15) is 5.01 Å². The van der Waals surface area contributed by atoms with Crippen LogP contribution in [0, 0.1) is 6.92 Å². The first kappa shape index (κ1) is 10.8. The van der Waals surface area contributed by atoms with Gasteiger partial charge in [0.15, 0.2) is 0 Å². The second-order valence-corrected chi connectivity index (χ2v) is 5.42. The van der Waals surface area contributed by atoms with Crippen molar-refractivity contribution in [2.45, 2.75) is 26.4 Å². The van der Waals surface area contributed by atoms with Crippen molar-refractivity contribution in [3.8, 4) is 0 Å². The van der Waals surface area contributed by atoms with E-state index in [-0.39, 0.29) is 0 Å². The lowest BCUT2D eigenvalue weighted by atomic mass is 10.3. The first-order valence-corrected chi connectivity index (χ1v) is 6.69. The Hall–Kier alpha value is -0.710. The molecule has 0 spiro atoms. The molecule has 2 aromatic rings. The lowest BCUT2D eigenvalue weighted by Gasteiger charge is -2.10. The van der Waals surface area contributed by atoms with E-state index in [1.807, 2.05) is 6.92 Å². The van der Waals surface area contributed by atoms with Gasteiger partial charge >= 0.3 is 0 Å². The van der Waals surface area contributed by atoms with Crippen molar-refractivity contribution in [1.82, 2.24) is 10.3 Å². The van der Waals surface area contributed by atoms with Crippen LogP contribution < -0.4 is 5.32 Å². The van der Waals surface area contributed by atoms with Gasteiger partial charge < -0.3 is 5.32 Å². The number of aromatic nitrogens is 1. The number of aryl methyl sites for hydroxylation is 1. The molecule has 0 saturated carbocycles. The van der Waals surface area contributed by atoms with Crippen LogP contribution >= 0.6 is 22.7 Å². The molecule has 1 atom stereocenters. The molecule has 2 rings (SSSR count). The summed E-state index contributed by atoms with van der Waals surface area (Å²) in [5, 5.41) is 8.84. The third-order valence-corrected chi connectivity index (χ3v) is 4.22. The van der Waals surface area contributed by atoms with Gasteiger partial charge in [-0.3, -0.25) is 0 Å². The summed E-state index contributed by atoms with van der Waals surface area (Å²) in [5.74, 6) is 0. The van der Waals surface area contributed by atoms with Crippen LogP contribution in [0.15, 0.2) is 22.9 Å². The first-order chi connectivity index (χ1) is 7.25. The minimum atomic E-state index is 0.411. The summed E-state index contributed by atoms with van der Waals surface area (Å²) in [5.41, 5.74) is 1.11. The van der Waals surface area contributed by atoms with Crippen LogP contribution in [0.4, 0.5) is 0 Å². The number of hydrogen-bond donors (Lipinski definition) is 1. The van der Waals surface area contributed by atoms with Crippen LogP contribution in [0.3, 0.4) is 0 Å². The zero-order chi connectivity index (χ0) is 10.7. The van der Waals surface area contributed by atoms with Gasteiger partial charge in [-0.1, -0.05) is 6.07 Å². The predicted octanol–water partition coefficient (Wildman–Crippen LogP) is 3.36. The van der Waals surface area contributed by atoms with E-state index in [0.717, 1.165) is 17.2 Å². The maximum atomic E-state index is 4.42. The van der Waals surface area contributed by atoms with Crippen molar-refractivity contribution in [1.29, 1.82) is 0 Å². The van der Waals surface area contributed by atoms with Crippen LogP contribution in [0.5, 0.6) is 0 Å². The standard InChI is InChI=1S/C11H14N2S2/c1-8-7-15-11(13-8)6-12-9(2)10-4-3-5-14-10/h3-5,7,9,12H,6H2,1-2H3. The Labute approximate surface area is 98.0 Å².